The van der Waals surface area contributed by atoms with Gasteiger partial charge in [-0.3, -0.25) is 4.79 Å². The maximum Gasteiger partial charge on any atom is 0.250 e. The van der Waals surface area contributed by atoms with E-state index in [1.807, 2.05) is 6.07 Å². The third-order valence-electron chi connectivity index (χ3n) is 3.87. The molecule has 0 aliphatic carbocycles. The van der Waals surface area contributed by atoms with Gasteiger partial charge in [-0.05, 0) is 50.6 Å². The standard InChI is InChI=1S/C15H22ClN3O/c1-2-19-8-3-4-11(7-9-19)18-12-5-6-13(15(17)20)14(16)10-12/h5-6,10-11,18H,2-4,7-9H2,1H3,(H2,17,20). The molecule has 110 valence electrons. The Morgan fingerprint density at radius 3 is 2.90 bits per heavy atom. The summed E-state index contributed by atoms with van der Waals surface area (Å²) in [4.78, 5) is 13.6. The lowest BCUT2D eigenvalue weighted by molar-refractivity contribution is 0.100. The van der Waals surface area contributed by atoms with Gasteiger partial charge < -0.3 is 16.0 Å². The number of amides is 1. The predicted octanol–water partition coefficient (Wildman–Crippen LogP) is 2.73. The number of likely N-dealkylation sites (tertiary alicyclic amines) is 1. The Bertz CT molecular complexity index is 478. The molecule has 5 heteroatoms. The maximum absolute atomic E-state index is 11.1. The molecule has 1 aromatic carbocycles. The molecule has 1 unspecified atom stereocenters. The minimum atomic E-state index is -0.491. The number of nitrogens with two attached hydrogens (primary N) is 1. The summed E-state index contributed by atoms with van der Waals surface area (Å²) in [6, 6.07) is 5.79. The van der Waals surface area contributed by atoms with E-state index in [2.05, 4.69) is 17.1 Å². The molecule has 2 rings (SSSR count). The minimum Gasteiger partial charge on any atom is -0.382 e. The van der Waals surface area contributed by atoms with Crippen molar-refractivity contribution in [2.24, 2.45) is 5.73 Å². The van der Waals surface area contributed by atoms with Gasteiger partial charge in [-0.2, -0.15) is 0 Å². The van der Waals surface area contributed by atoms with Crippen molar-refractivity contribution in [3.63, 3.8) is 0 Å². The number of nitrogens with one attached hydrogen (secondary N) is 1. The van der Waals surface area contributed by atoms with E-state index in [1.54, 1.807) is 12.1 Å². The van der Waals surface area contributed by atoms with Crippen LogP contribution in [0.3, 0.4) is 0 Å². The van der Waals surface area contributed by atoms with Crippen molar-refractivity contribution < 1.29 is 4.79 Å². The lowest BCUT2D eigenvalue weighted by Gasteiger charge is -2.19. The summed E-state index contributed by atoms with van der Waals surface area (Å²) in [5, 5.41) is 3.92. The molecule has 0 bridgehead atoms. The van der Waals surface area contributed by atoms with Gasteiger partial charge in [-0.15, -0.1) is 0 Å². The normalized spacial score (nSPS) is 20.4. The number of hydrogen-bond donors (Lipinski definition) is 2. The van der Waals surface area contributed by atoms with Crippen LogP contribution in [0, 0.1) is 0 Å². The second kappa shape index (κ2) is 6.95. The molecule has 1 amide bonds. The van der Waals surface area contributed by atoms with Crippen LogP contribution in [0.5, 0.6) is 0 Å². The van der Waals surface area contributed by atoms with Crippen LogP contribution >= 0.6 is 11.6 Å². The van der Waals surface area contributed by atoms with Crippen molar-refractivity contribution in [1.82, 2.24) is 4.90 Å². The SMILES string of the molecule is CCN1CCCC(Nc2ccc(C(N)=O)c(Cl)c2)CC1. The summed E-state index contributed by atoms with van der Waals surface area (Å²) in [7, 11) is 0. The monoisotopic (exact) mass is 295 g/mol. The molecule has 0 aromatic heterocycles. The molecule has 1 atom stereocenters. The van der Waals surface area contributed by atoms with Gasteiger partial charge >= 0.3 is 0 Å². The fraction of sp³-hybridized carbons (Fsp3) is 0.533. The van der Waals surface area contributed by atoms with E-state index in [0.29, 0.717) is 16.6 Å². The van der Waals surface area contributed by atoms with E-state index in [1.165, 1.54) is 13.0 Å². The maximum atomic E-state index is 11.1. The summed E-state index contributed by atoms with van der Waals surface area (Å²) in [5.41, 5.74) is 6.58. The van der Waals surface area contributed by atoms with E-state index < -0.39 is 5.91 Å². The molecule has 1 aromatic rings. The quantitative estimate of drug-likeness (QED) is 0.898. The van der Waals surface area contributed by atoms with Crippen LogP contribution in [0.2, 0.25) is 5.02 Å². The first-order valence-electron chi connectivity index (χ1n) is 7.18. The lowest BCUT2D eigenvalue weighted by Crippen LogP contribution is -2.26. The van der Waals surface area contributed by atoms with Crippen LogP contribution < -0.4 is 11.1 Å². The van der Waals surface area contributed by atoms with E-state index in [-0.39, 0.29) is 0 Å². The van der Waals surface area contributed by atoms with Crippen LogP contribution in [0.4, 0.5) is 5.69 Å². The first-order chi connectivity index (χ1) is 9.60. The molecule has 1 aliphatic heterocycles. The number of halogens is 1. The van der Waals surface area contributed by atoms with Gasteiger partial charge in [-0.1, -0.05) is 18.5 Å². The van der Waals surface area contributed by atoms with Crippen LogP contribution in [0.15, 0.2) is 18.2 Å². The third kappa shape index (κ3) is 3.87. The van der Waals surface area contributed by atoms with Crippen LogP contribution in [-0.2, 0) is 0 Å². The first-order valence-corrected chi connectivity index (χ1v) is 7.56. The smallest absolute Gasteiger partial charge is 0.250 e. The Balaban J connectivity index is 1.99. The van der Waals surface area contributed by atoms with Crippen molar-refractivity contribution >= 4 is 23.2 Å². The molecule has 1 fully saturated rings. The minimum absolute atomic E-state index is 0.371. The number of primary amides is 1. The van der Waals surface area contributed by atoms with Gasteiger partial charge in [0.15, 0.2) is 0 Å². The number of carbonyl (C=O) groups is 1. The summed E-state index contributed by atoms with van der Waals surface area (Å²) in [6.07, 6.45) is 3.49. The number of nitrogens with zero attached hydrogens (tertiary/aromatic N) is 1. The van der Waals surface area contributed by atoms with Crippen molar-refractivity contribution in [1.29, 1.82) is 0 Å². The first kappa shape index (κ1) is 15.1. The average Bonchev–Trinajstić information content (AvgIpc) is 2.63. The van der Waals surface area contributed by atoms with Gasteiger partial charge in [0, 0.05) is 18.3 Å². The van der Waals surface area contributed by atoms with E-state index in [9.17, 15) is 4.79 Å². The Kier molecular flexibility index (Phi) is 5.26. The Morgan fingerprint density at radius 1 is 1.45 bits per heavy atom. The van der Waals surface area contributed by atoms with Crippen molar-refractivity contribution in [2.45, 2.75) is 32.2 Å². The molecule has 0 radical (unpaired) electrons. The third-order valence-corrected chi connectivity index (χ3v) is 4.19. The Hall–Kier alpha value is -1.26. The lowest BCUT2D eigenvalue weighted by atomic mass is 10.1. The predicted molar refractivity (Wildman–Crippen MR) is 83.3 cm³/mol. The number of benzene rings is 1. The van der Waals surface area contributed by atoms with E-state index >= 15 is 0 Å². The molecule has 3 N–H and O–H groups in total. The molecule has 1 saturated heterocycles. The second-order valence-corrected chi connectivity index (χ2v) is 5.67. The van der Waals surface area contributed by atoms with Gasteiger partial charge in [-0.25, -0.2) is 0 Å². The Morgan fingerprint density at radius 2 is 2.25 bits per heavy atom. The fourth-order valence-electron chi connectivity index (χ4n) is 2.66. The summed E-state index contributed by atoms with van der Waals surface area (Å²) in [5.74, 6) is -0.491. The van der Waals surface area contributed by atoms with E-state index in [4.69, 9.17) is 17.3 Å². The van der Waals surface area contributed by atoms with Crippen LogP contribution in [0.25, 0.3) is 0 Å². The highest BCUT2D eigenvalue weighted by molar-refractivity contribution is 6.34. The Labute approximate surface area is 125 Å². The number of anilines is 1. The van der Waals surface area contributed by atoms with Gasteiger partial charge in [0.2, 0.25) is 5.91 Å². The van der Waals surface area contributed by atoms with Crippen molar-refractivity contribution in [3.8, 4) is 0 Å². The highest BCUT2D eigenvalue weighted by atomic mass is 35.5. The zero-order valence-electron chi connectivity index (χ0n) is 11.9. The van der Waals surface area contributed by atoms with Crippen molar-refractivity contribution in [3.05, 3.63) is 28.8 Å². The fourth-order valence-corrected chi connectivity index (χ4v) is 2.93. The number of rotatable bonds is 4. The highest BCUT2D eigenvalue weighted by Crippen LogP contribution is 2.23. The van der Waals surface area contributed by atoms with E-state index in [0.717, 1.165) is 31.6 Å². The highest BCUT2D eigenvalue weighted by Gasteiger charge is 2.16. The largest absolute Gasteiger partial charge is 0.382 e. The topological polar surface area (TPSA) is 58.4 Å². The summed E-state index contributed by atoms with van der Waals surface area (Å²) < 4.78 is 0. The molecule has 4 nitrogen and oxygen atoms in total. The molecule has 0 saturated carbocycles. The zero-order chi connectivity index (χ0) is 14.5. The molecular weight excluding hydrogens is 274 g/mol. The van der Waals surface area contributed by atoms with Gasteiger partial charge in [0.25, 0.3) is 0 Å². The number of hydrogen-bond acceptors (Lipinski definition) is 3. The summed E-state index contributed by atoms with van der Waals surface area (Å²) in [6.45, 7) is 5.62. The van der Waals surface area contributed by atoms with Crippen molar-refractivity contribution in [2.75, 3.05) is 25.0 Å². The average molecular weight is 296 g/mol. The van der Waals surface area contributed by atoms with Gasteiger partial charge in [0.1, 0.15) is 0 Å². The van der Waals surface area contributed by atoms with Crippen LogP contribution in [-0.4, -0.2) is 36.5 Å². The molecule has 20 heavy (non-hydrogen) atoms. The molecule has 1 aliphatic rings. The summed E-state index contributed by atoms with van der Waals surface area (Å²) >= 11 is 6.07. The second-order valence-electron chi connectivity index (χ2n) is 5.27. The number of carbonyl (C=O) groups excluding carboxylic acids is 1. The molecular formula is C15H22ClN3O. The molecule has 0 spiro atoms. The van der Waals surface area contributed by atoms with Gasteiger partial charge in [0.05, 0.1) is 10.6 Å². The van der Waals surface area contributed by atoms with Crippen LogP contribution in [0.1, 0.15) is 36.5 Å². The zero-order valence-corrected chi connectivity index (χ0v) is 12.6. The molecule has 1 heterocycles.